The number of rotatable bonds is 11. The van der Waals surface area contributed by atoms with Crippen molar-refractivity contribution in [2.24, 2.45) is 22.6 Å². The van der Waals surface area contributed by atoms with E-state index in [2.05, 4.69) is 9.98 Å². The van der Waals surface area contributed by atoms with E-state index in [-0.39, 0.29) is 23.7 Å². The molecule has 3 atom stereocenters. The number of anilines is 1. The molecule has 2 heterocycles. The van der Waals surface area contributed by atoms with Crippen LogP contribution in [0.5, 0.6) is 0 Å². The van der Waals surface area contributed by atoms with Gasteiger partial charge in [0.05, 0.1) is 29.6 Å². The lowest BCUT2D eigenvalue weighted by Crippen LogP contribution is -2.62. The maximum atomic E-state index is 14.5. The molecule has 1 aromatic heterocycles. The van der Waals surface area contributed by atoms with Crippen molar-refractivity contribution in [2.75, 3.05) is 4.90 Å². The Hall–Kier alpha value is -3.89. The number of alkyl halides is 3. The van der Waals surface area contributed by atoms with Crippen LogP contribution in [0.25, 0.3) is 0 Å². The van der Waals surface area contributed by atoms with Crippen LogP contribution < -0.4 is 10.6 Å². The first-order valence-corrected chi connectivity index (χ1v) is 14.6. The van der Waals surface area contributed by atoms with Crippen molar-refractivity contribution in [1.29, 1.82) is 0 Å². The van der Waals surface area contributed by atoms with Crippen molar-refractivity contribution in [3.8, 4) is 0 Å². The molecule has 1 unspecified atom stereocenters. The molecule has 0 spiro atoms. The molecule has 10 heteroatoms. The Labute approximate surface area is 248 Å². The highest BCUT2D eigenvalue weighted by Crippen LogP contribution is 2.40. The predicted octanol–water partition coefficient (Wildman–Crippen LogP) is 5.68. The van der Waals surface area contributed by atoms with Crippen molar-refractivity contribution in [1.82, 2.24) is 4.98 Å². The smallest absolute Gasteiger partial charge is 0.392 e. The Bertz CT molecular complexity index is 1490. The van der Waals surface area contributed by atoms with Gasteiger partial charge in [0.25, 0.3) is 5.91 Å². The fraction of sp³-hybridized carbons (Fsp3) is 0.394. The van der Waals surface area contributed by atoms with E-state index in [4.69, 9.17) is 5.73 Å². The molecule has 1 fully saturated rings. The average molecular weight is 593 g/mol. The van der Waals surface area contributed by atoms with Crippen LogP contribution in [0, 0.1) is 11.8 Å². The number of aromatic nitrogens is 1. The van der Waals surface area contributed by atoms with E-state index in [9.17, 15) is 27.9 Å². The molecule has 43 heavy (non-hydrogen) atoms. The Morgan fingerprint density at radius 3 is 2.47 bits per heavy atom. The molecular formula is C33H35F3N4O3. The van der Waals surface area contributed by atoms with Gasteiger partial charge in [-0.1, -0.05) is 69.0 Å². The number of nitrogens with zero attached hydrogens (tertiary/aromatic N) is 3. The molecule has 0 saturated heterocycles. The van der Waals surface area contributed by atoms with Crippen LogP contribution in [0.3, 0.4) is 0 Å². The molecule has 7 nitrogen and oxygen atoms in total. The number of nitrogens with two attached hydrogens (primary N) is 1. The number of Topliss-reactive ketones (excluding diaryl/α,β-unsaturated/α-hetero) is 1. The molecular weight excluding hydrogens is 557 g/mol. The molecule has 3 N–H and O–H groups in total. The number of hydrogen-bond donors (Lipinski definition) is 2. The van der Waals surface area contributed by atoms with Gasteiger partial charge in [0.15, 0.2) is 5.78 Å². The first-order chi connectivity index (χ1) is 20.5. The third-order valence-electron chi connectivity index (χ3n) is 8.17. The van der Waals surface area contributed by atoms with Crippen molar-refractivity contribution in [3.05, 3.63) is 95.3 Å². The summed E-state index contributed by atoms with van der Waals surface area (Å²) in [6, 6.07) is 14.8. The highest BCUT2D eigenvalue weighted by molar-refractivity contribution is 6.26. The molecule has 5 rings (SSSR count). The minimum absolute atomic E-state index is 0.0252. The summed E-state index contributed by atoms with van der Waals surface area (Å²) >= 11 is 0. The predicted molar refractivity (Wildman–Crippen MR) is 157 cm³/mol. The van der Waals surface area contributed by atoms with E-state index in [0.29, 0.717) is 36.1 Å². The molecule has 1 aliphatic heterocycles. The van der Waals surface area contributed by atoms with Gasteiger partial charge < -0.3 is 10.0 Å². The number of fused-ring (bicyclic) bond motifs is 1. The first-order valence-electron chi connectivity index (χ1n) is 14.6. The number of benzodiazepines with no additional fused rings is 1. The van der Waals surface area contributed by atoms with Gasteiger partial charge >= 0.3 is 6.18 Å². The summed E-state index contributed by atoms with van der Waals surface area (Å²) in [5.41, 5.74) is 5.45. The highest BCUT2D eigenvalue weighted by Gasteiger charge is 2.52. The first kappa shape index (κ1) is 30.6. The molecule has 1 amide bonds. The van der Waals surface area contributed by atoms with Gasteiger partial charge in [-0.3, -0.25) is 20.3 Å². The lowest BCUT2D eigenvalue weighted by atomic mass is 9.82. The average Bonchev–Trinajstić information content (AvgIpc) is 3.84. The van der Waals surface area contributed by atoms with Crippen LogP contribution >= 0.6 is 0 Å². The lowest BCUT2D eigenvalue weighted by Gasteiger charge is -2.33. The number of amides is 1. The molecule has 2 aliphatic rings. The summed E-state index contributed by atoms with van der Waals surface area (Å²) in [4.78, 5) is 39.1. The second-order valence-corrected chi connectivity index (χ2v) is 11.4. The maximum Gasteiger partial charge on any atom is 0.416 e. The molecule has 3 aromatic rings. The maximum absolute atomic E-state index is 14.5. The topological polar surface area (TPSA) is 109 Å². The number of aliphatic imine (C=N–C) groups is 1. The number of carbonyl (C=O) groups excluding carboxylic acids is 2. The van der Waals surface area contributed by atoms with Crippen LogP contribution in [0.1, 0.15) is 67.7 Å². The fourth-order valence-corrected chi connectivity index (χ4v) is 5.59. The van der Waals surface area contributed by atoms with Crippen LogP contribution in [-0.4, -0.2) is 39.3 Å². The van der Waals surface area contributed by atoms with E-state index in [1.807, 2.05) is 6.92 Å². The van der Waals surface area contributed by atoms with E-state index in [0.717, 1.165) is 31.4 Å². The summed E-state index contributed by atoms with van der Waals surface area (Å²) in [7, 11) is 0. The zero-order chi connectivity index (χ0) is 30.8. The minimum Gasteiger partial charge on any atom is -0.392 e. The molecule has 1 aliphatic carbocycles. The SMILES string of the molecule is CCCC[C@H](O)[C@@H](CC1CC1)C(=O)C1(N)N=C(c2ccc(C(F)(F)F)cc2)c2ccccc2N(Cc2cccnc2)C1=O. The largest absolute Gasteiger partial charge is 0.416 e. The van der Waals surface area contributed by atoms with Crippen LogP contribution in [0.15, 0.2) is 78.0 Å². The second-order valence-electron chi connectivity index (χ2n) is 11.4. The van der Waals surface area contributed by atoms with E-state index >= 15 is 0 Å². The van der Waals surface area contributed by atoms with Gasteiger partial charge in [0, 0.05) is 29.4 Å². The fourth-order valence-electron chi connectivity index (χ4n) is 5.59. The Morgan fingerprint density at radius 1 is 1.12 bits per heavy atom. The number of benzene rings is 2. The van der Waals surface area contributed by atoms with Crippen molar-refractivity contribution < 1.29 is 27.9 Å². The standard InChI is InChI=1S/C33H35F3N4O3/c1-2-3-10-28(41)26(18-21-11-12-21)30(42)32(37)31(43)40(20-22-7-6-17-38-19-22)27-9-5-4-8-25(27)29(39-32)23-13-15-24(16-14-23)33(34,35)36/h4-9,13-17,19,21,26,28,41H,2-3,10-12,18,20,37H2,1H3/t26-,28+,32?/m1/s1. The van der Waals surface area contributed by atoms with Crippen LogP contribution in [0.2, 0.25) is 0 Å². The van der Waals surface area contributed by atoms with Crippen molar-refractivity contribution >= 4 is 23.1 Å². The van der Waals surface area contributed by atoms with Gasteiger partial charge in [-0.15, -0.1) is 0 Å². The number of hydrogen-bond acceptors (Lipinski definition) is 6. The van der Waals surface area contributed by atoms with E-state index in [1.54, 1.807) is 48.8 Å². The van der Waals surface area contributed by atoms with Crippen LogP contribution in [-0.2, 0) is 22.3 Å². The van der Waals surface area contributed by atoms with Gasteiger partial charge in [-0.05, 0) is 48.6 Å². The Morgan fingerprint density at radius 2 is 1.84 bits per heavy atom. The number of ketones is 1. The number of carbonyl (C=O) groups is 2. The summed E-state index contributed by atoms with van der Waals surface area (Å²) in [5, 5.41) is 11.2. The minimum atomic E-state index is -4.55. The Kier molecular flexibility index (Phi) is 8.80. The molecule has 0 bridgehead atoms. The van der Waals surface area contributed by atoms with Crippen LogP contribution in [0.4, 0.5) is 18.9 Å². The number of pyridine rings is 1. The summed E-state index contributed by atoms with van der Waals surface area (Å²) < 4.78 is 40.2. The number of halogens is 3. The Balaban J connectivity index is 1.67. The number of unbranched alkanes of at least 4 members (excludes halogenated alkanes) is 1. The molecule has 2 aromatic carbocycles. The van der Waals surface area contributed by atoms with E-state index < -0.39 is 41.1 Å². The summed E-state index contributed by atoms with van der Waals surface area (Å²) in [6.07, 6.45) is 1.77. The van der Waals surface area contributed by atoms with Gasteiger partial charge in [-0.2, -0.15) is 13.2 Å². The van der Waals surface area contributed by atoms with Gasteiger partial charge in [0.2, 0.25) is 5.66 Å². The van der Waals surface area contributed by atoms with Gasteiger partial charge in [0.1, 0.15) is 0 Å². The normalized spacial score (nSPS) is 20.2. The summed E-state index contributed by atoms with van der Waals surface area (Å²) in [6.45, 7) is 2.01. The quantitative estimate of drug-likeness (QED) is 0.279. The lowest BCUT2D eigenvalue weighted by molar-refractivity contribution is -0.140. The summed E-state index contributed by atoms with van der Waals surface area (Å²) in [5.74, 6) is -2.15. The molecule has 0 radical (unpaired) electrons. The van der Waals surface area contributed by atoms with Crippen molar-refractivity contribution in [2.45, 2.75) is 69.9 Å². The third kappa shape index (κ3) is 6.55. The number of aliphatic hydroxyl groups excluding tert-OH is 1. The molecule has 226 valence electrons. The molecule has 1 saturated carbocycles. The second kappa shape index (κ2) is 12.4. The monoisotopic (exact) mass is 592 g/mol. The third-order valence-corrected chi connectivity index (χ3v) is 8.17. The zero-order valence-electron chi connectivity index (χ0n) is 23.9. The zero-order valence-corrected chi connectivity index (χ0v) is 23.9. The van der Waals surface area contributed by atoms with Crippen molar-refractivity contribution in [3.63, 3.8) is 0 Å². The van der Waals surface area contributed by atoms with E-state index in [1.165, 1.54) is 17.0 Å². The number of para-hydroxylation sites is 1. The highest BCUT2D eigenvalue weighted by atomic mass is 19.4. The van der Waals surface area contributed by atoms with Gasteiger partial charge in [-0.25, -0.2) is 4.99 Å². The number of aliphatic hydroxyl groups is 1.